The average Bonchev–Trinajstić information content (AvgIpc) is 2.85. The number of carbonyl (C=O) groups is 2. The van der Waals surface area contributed by atoms with Crippen LogP contribution in [0.4, 0.5) is 0 Å². The number of amides is 1. The first kappa shape index (κ1) is 15.8. The monoisotopic (exact) mass is 355 g/mol. The fourth-order valence-corrected chi connectivity index (χ4v) is 2.93. The molecule has 0 saturated carbocycles. The Kier molecular flexibility index (Phi) is 4.88. The van der Waals surface area contributed by atoms with Crippen LogP contribution in [0.2, 0.25) is 0 Å². The summed E-state index contributed by atoms with van der Waals surface area (Å²) >= 11 is 3.36. The van der Waals surface area contributed by atoms with E-state index in [1.165, 1.54) is 4.90 Å². The molecule has 21 heavy (non-hydrogen) atoms. The molecule has 1 heterocycles. The first-order valence-electron chi connectivity index (χ1n) is 6.89. The van der Waals surface area contributed by atoms with Gasteiger partial charge < -0.3 is 14.7 Å². The molecule has 1 amide bonds. The van der Waals surface area contributed by atoms with Gasteiger partial charge >= 0.3 is 5.97 Å². The van der Waals surface area contributed by atoms with Crippen LogP contribution in [0.1, 0.15) is 37.0 Å². The van der Waals surface area contributed by atoms with Crippen molar-refractivity contribution < 1.29 is 19.4 Å². The number of aliphatic carboxylic acids is 1. The third kappa shape index (κ3) is 3.75. The molecule has 6 heteroatoms. The molecule has 5 nitrogen and oxygen atoms in total. The fraction of sp³-hybridized carbons (Fsp3) is 0.467. The van der Waals surface area contributed by atoms with Gasteiger partial charge in [0.15, 0.2) is 0 Å². The number of likely N-dealkylation sites (tertiary alicyclic amines) is 1. The number of carboxylic acids is 1. The Labute approximate surface area is 132 Å². The maximum absolute atomic E-state index is 12.5. The highest BCUT2D eigenvalue weighted by atomic mass is 79.9. The number of ether oxygens (including phenoxy) is 1. The minimum atomic E-state index is -0.950. The highest BCUT2D eigenvalue weighted by molar-refractivity contribution is 9.10. The maximum Gasteiger partial charge on any atom is 0.326 e. The smallest absolute Gasteiger partial charge is 0.326 e. The Morgan fingerprint density at radius 2 is 2.10 bits per heavy atom. The third-order valence-corrected chi connectivity index (χ3v) is 3.75. The Balaban J connectivity index is 2.26. The van der Waals surface area contributed by atoms with Crippen molar-refractivity contribution in [2.24, 2.45) is 0 Å². The summed E-state index contributed by atoms with van der Waals surface area (Å²) in [6.45, 7) is 4.29. The second kappa shape index (κ2) is 6.47. The van der Waals surface area contributed by atoms with Crippen LogP contribution in [-0.2, 0) is 4.79 Å². The van der Waals surface area contributed by atoms with Crippen molar-refractivity contribution in [3.63, 3.8) is 0 Å². The van der Waals surface area contributed by atoms with Crippen molar-refractivity contribution >= 4 is 27.8 Å². The van der Waals surface area contributed by atoms with Crippen molar-refractivity contribution in [2.75, 3.05) is 6.54 Å². The second-order valence-corrected chi connectivity index (χ2v) is 6.25. The first-order chi connectivity index (χ1) is 9.88. The van der Waals surface area contributed by atoms with Gasteiger partial charge in [0.25, 0.3) is 5.91 Å². The molecule has 1 aromatic carbocycles. The van der Waals surface area contributed by atoms with E-state index < -0.39 is 12.0 Å². The molecule has 1 aliphatic heterocycles. The van der Waals surface area contributed by atoms with E-state index in [1.54, 1.807) is 18.2 Å². The van der Waals surface area contributed by atoms with Crippen LogP contribution in [0.15, 0.2) is 22.7 Å². The standard InChI is InChI=1S/C15H18BrNO4/c1-9(2)21-12-7-10(6-11(16)8-12)14(18)17-5-3-4-13(17)15(19)20/h6-9,13H,3-5H2,1-2H3,(H,19,20)/t13-/m1/s1. The molecule has 0 aliphatic carbocycles. The van der Waals surface area contributed by atoms with E-state index in [1.807, 2.05) is 13.8 Å². The molecule has 2 rings (SSSR count). The topological polar surface area (TPSA) is 66.8 Å². The van der Waals surface area contributed by atoms with Crippen LogP contribution < -0.4 is 4.74 Å². The normalized spacial score (nSPS) is 18.1. The van der Waals surface area contributed by atoms with Crippen molar-refractivity contribution in [3.8, 4) is 5.75 Å². The Hall–Kier alpha value is -1.56. The molecular weight excluding hydrogens is 338 g/mol. The van der Waals surface area contributed by atoms with Gasteiger partial charge in [0.1, 0.15) is 11.8 Å². The molecule has 114 valence electrons. The first-order valence-corrected chi connectivity index (χ1v) is 7.69. The summed E-state index contributed by atoms with van der Waals surface area (Å²) < 4.78 is 6.34. The van der Waals surface area contributed by atoms with Gasteiger partial charge in [-0.2, -0.15) is 0 Å². The predicted molar refractivity (Wildman–Crippen MR) is 81.6 cm³/mol. The van der Waals surface area contributed by atoms with E-state index in [4.69, 9.17) is 4.74 Å². The quantitative estimate of drug-likeness (QED) is 0.901. The number of carboxylic acid groups (broad SMARTS) is 1. The number of nitrogens with zero attached hydrogens (tertiary/aromatic N) is 1. The lowest BCUT2D eigenvalue weighted by atomic mass is 10.1. The van der Waals surface area contributed by atoms with Gasteiger partial charge in [0.05, 0.1) is 6.10 Å². The number of carbonyl (C=O) groups excluding carboxylic acids is 1. The van der Waals surface area contributed by atoms with Crippen LogP contribution in [0, 0.1) is 0 Å². The number of hydrogen-bond donors (Lipinski definition) is 1. The lowest BCUT2D eigenvalue weighted by Gasteiger charge is -2.22. The zero-order chi connectivity index (χ0) is 15.6. The summed E-state index contributed by atoms with van der Waals surface area (Å²) in [5.41, 5.74) is 0.438. The molecular formula is C15H18BrNO4. The van der Waals surface area contributed by atoms with Gasteiger partial charge in [-0.05, 0) is 44.9 Å². The van der Waals surface area contributed by atoms with Gasteiger partial charge in [0.2, 0.25) is 0 Å². The van der Waals surface area contributed by atoms with Gasteiger partial charge in [-0.1, -0.05) is 15.9 Å². The Morgan fingerprint density at radius 3 is 2.71 bits per heavy atom. The number of rotatable bonds is 4. The minimum absolute atomic E-state index is 0.000747. The molecule has 0 spiro atoms. The summed E-state index contributed by atoms with van der Waals surface area (Å²) in [6, 6.07) is 4.40. The molecule has 1 aliphatic rings. The van der Waals surface area contributed by atoms with E-state index in [0.29, 0.717) is 30.7 Å². The zero-order valence-corrected chi connectivity index (χ0v) is 13.6. The van der Waals surface area contributed by atoms with E-state index in [-0.39, 0.29) is 12.0 Å². The lowest BCUT2D eigenvalue weighted by Crippen LogP contribution is -2.40. The van der Waals surface area contributed by atoms with Crippen LogP contribution in [-0.4, -0.2) is 40.6 Å². The summed E-state index contributed by atoms with van der Waals surface area (Å²) in [6.07, 6.45) is 1.22. The van der Waals surface area contributed by atoms with Gasteiger partial charge in [-0.25, -0.2) is 4.79 Å². The van der Waals surface area contributed by atoms with Crippen LogP contribution in [0.25, 0.3) is 0 Å². The number of hydrogen-bond acceptors (Lipinski definition) is 3. The van der Waals surface area contributed by atoms with Gasteiger partial charge in [-0.15, -0.1) is 0 Å². The largest absolute Gasteiger partial charge is 0.491 e. The lowest BCUT2D eigenvalue weighted by molar-refractivity contribution is -0.141. The molecule has 0 aromatic heterocycles. The summed E-state index contributed by atoms with van der Waals surface area (Å²) in [5, 5.41) is 9.18. The number of benzene rings is 1. The van der Waals surface area contributed by atoms with Gasteiger partial charge in [0, 0.05) is 16.6 Å². The van der Waals surface area contributed by atoms with Crippen LogP contribution in [0.5, 0.6) is 5.75 Å². The van der Waals surface area contributed by atoms with Gasteiger partial charge in [-0.3, -0.25) is 4.79 Å². The molecule has 0 unspecified atom stereocenters. The highest BCUT2D eigenvalue weighted by Crippen LogP contribution is 2.26. The fourth-order valence-electron chi connectivity index (χ4n) is 2.46. The van der Waals surface area contributed by atoms with E-state index in [2.05, 4.69) is 15.9 Å². The van der Waals surface area contributed by atoms with E-state index >= 15 is 0 Å². The van der Waals surface area contributed by atoms with Crippen molar-refractivity contribution in [1.82, 2.24) is 4.90 Å². The molecule has 0 bridgehead atoms. The molecule has 1 aromatic rings. The zero-order valence-electron chi connectivity index (χ0n) is 12.0. The molecule has 1 saturated heterocycles. The average molecular weight is 356 g/mol. The Morgan fingerprint density at radius 1 is 1.38 bits per heavy atom. The van der Waals surface area contributed by atoms with Crippen LogP contribution >= 0.6 is 15.9 Å². The van der Waals surface area contributed by atoms with Crippen molar-refractivity contribution in [1.29, 1.82) is 0 Å². The third-order valence-electron chi connectivity index (χ3n) is 3.29. The number of halogens is 1. The van der Waals surface area contributed by atoms with E-state index in [9.17, 15) is 14.7 Å². The molecule has 1 N–H and O–H groups in total. The van der Waals surface area contributed by atoms with E-state index in [0.717, 1.165) is 4.47 Å². The maximum atomic E-state index is 12.5. The predicted octanol–water partition coefficient (Wildman–Crippen LogP) is 2.93. The second-order valence-electron chi connectivity index (χ2n) is 5.34. The molecule has 1 atom stereocenters. The highest BCUT2D eigenvalue weighted by Gasteiger charge is 2.34. The molecule has 1 fully saturated rings. The van der Waals surface area contributed by atoms with Crippen molar-refractivity contribution in [2.45, 2.75) is 38.8 Å². The van der Waals surface area contributed by atoms with Crippen LogP contribution in [0.3, 0.4) is 0 Å². The minimum Gasteiger partial charge on any atom is -0.491 e. The SMILES string of the molecule is CC(C)Oc1cc(Br)cc(C(=O)N2CCC[C@@H]2C(=O)O)c1. The summed E-state index contributed by atoms with van der Waals surface area (Å²) in [7, 11) is 0. The summed E-state index contributed by atoms with van der Waals surface area (Å²) in [5.74, 6) is -0.627. The summed E-state index contributed by atoms with van der Waals surface area (Å²) in [4.78, 5) is 25.2. The van der Waals surface area contributed by atoms with Crippen molar-refractivity contribution in [3.05, 3.63) is 28.2 Å². The Bertz CT molecular complexity index is 559. The molecule has 0 radical (unpaired) electrons.